The molecule has 1 amide bonds. The summed E-state index contributed by atoms with van der Waals surface area (Å²) < 4.78 is 30.6. The lowest BCUT2D eigenvalue weighted by Gasteiger charge is -2.22. The van der Waals surface area contributed by atoms with Gasteiger partial charge in [0, 0.05) is 12.7 Å². The zero-order valence-corrected chi connectivity index (χ0v) is 17.3. The van der Waals surface area contributed by atoms with Gasteiger partial charge in [-0.15, -0.1) is 0 Å². The second-order valence-corrected chi connectivity index (χ2v) is 9.14. The SMILES string of the molecule is CC(Oc1cccc2c1CCCC2)C(=O)Nc1cccc(N(C)S(C)(=O)=O)c1. The van der Waals surface area contributed by atoms with E-state index < -0.39 is 16.1 Å². The molecule has 1 N–H and O–H groups in total. The van der Waals surface area contributed by atoms with Crippen LogP contribution in [0.1, 0.15) is 30.9 Å². The van der Waals surface area contributed by atoms with Gasteiger partial charge in [-0.05, 0) is 68.0 Å². The third-order valence-corrected chi connectivity index (χ3v) is 6.21. The van der Waals surface area contributed by atoms with Crippen LogP contribution in [0.25, 0.3) is 0 Å². The third kappa shape index (κ3) is 4.65. The standard InChI is InChI=1S/C21H26N2O4S/c1-15(27-20-13-6-9-16-8-4-5-12-19(16)20)21(24)22-17-10-7-11-18(14-17)23(2)28(3,25)26/h6-7,9-11,13-15H,4-5,8,12H2,1-3H3,(H,22,24). The summed E-state index contributed by atoms with van der Waals surface area (Å²) in [5.41, 5.74) is 3.49. The van der Waals surface area contributed by atoms with Crippen molar-refractivity contribution in [2.24, 2.45) is 0 Å². The Morgan fingerprint density at radius 1 is 1.14 bits per heavy atom. The molecule has 2 aromatic carbocycles. The Hall–Kier alpha value is -2.54. The molecule has 0 fully saturated rings. The van der Waals surface area contributed by atoms with Crippen molar-refractivity contribution in [1.29, 1.82) is 0 Å². The molecule has 0 saturated heterocycles. The third-order valence-electron chi connectivity index (χ3n) is 5.00. The predicted octanol–water partition coefficient (Wildman–Crippen LogP) is 3.37. The van der Waals surface area contributed by atoms with Gasteiger partial charge in [-0.25, -0.2) is 8.42 Å². The molecule has 7 heteroatoms. The van der Waals surface area contributed by atoms with Crippen molar-refractivity contribution < 1.29 is 17.9 Å². The first-order valence-corrected chi connectivity index (χ1v) is 11.2. The predicted molar refractivity (Wildman–Crippen MR) is 111 cm³/mol. The number of nitrogens with zero attached hydrogens (tertiary/aromatic N) is 1. The summed E-state index contributed by atoms with van der Waals surface area (Å²) >= 11 is 0. The fourth-order valence-electron chi connectivity index (χ4n) is 3.32. The molecule has 1 aliphatic rings. The molecule has 28 heavy (non-hydrogen) atoms. The van der Waals surface area contributed by atoms with Crippen LogP contribution in [0.5, 0.6) is 5.75 Å². The highest BCUT2D eigenvalue weighted by Gasteiger charge is 2.20. The van der Waals surface area contributed by atoms with Crippen molar-refractivity contribution >= 4 is 27.3 Å². The molecule has 0 aliphatic heterocycles. The highest BCUT2D eigenvalue weighted by molar-refractivity contribution is 7.92. The number of carbonyl (C=O) groups is 1. The smallest absolute Gasteiger partial charge is 0.265 e. The topological polar surface area (TPSA) is 75.7 Å². The van der Waals surface area contributed by atoms with Crippen LogP contribution in [0, 0.1) is 0 Å². The van der Waals surface area contributed by atoms with Gasteiger partial charge in [0.15, 0.2) is 6.10 Å². The number of amides is 1. The molecule has 150 valence electrons. The lowest BCUT2D eigenvalue weighted by molar-refractivity contribution is -0.122. The first-order chi connectivity index (χ1) is 13.3. The molecular formula is C21H26N2O4S. The molecule has 1 aliphatic carbocycles. The van der Waals surface area contributed by atoms with Crippen molar-refractivity contribution in [1.82, 2.24) is 0 Å². The van der Waals surface area contributed by atoms with Crippen molar-refractivity contribution in [3.63, 3.8) is 0 Å². The van der Waals surface area contributed by atoms with Crippen LogP contribution >= 0.6 is 0 Å². The number of hydrogen-bond donors (Lipinski definition) is 1. The second kappa shape index (κ2) is 8.22. The number of aryl methyl sites for hydroxylation is 1. The Kier molecular flexibility index (Phi) is 5.93. The van der Waals surface area contributed by atoms with Gasteiger partial charge in [-0.3, -0.25) is 9.10 Å². The van der Waals surface area contributed by atoms with Gasteiger partial charge in [-0.1, -0.05) is 18.2 Å². The fraction of sp³-hybridized carbons (Fsp3) is 0.381. The maximum atomic E-state index is 12.6. The Labute approximate surface area is 166 Å². The molecule has 0 radical (unpaired) electrons. The number of fused-ring (bicyclic) bond motifs is 1. The van der Waals surface area contributed by atoms with Gasteiger partial charge in [-0.2, -0.15) is 0 Å². The molecule has 0 heterocycles. The number of ether oxygens (including phenoxy) is 1. The van der Waals surface area contributed by atoms with Crippen molar-refractivity contribution in [2.45, 2.75) is 38.7 Å². The fourth-order valence-corrected chi connectivity index (χ4v) is 3.81. The highest BCUT2D eigenvalue weighted by atomic mass is 32.2. The normalized spacial score (nSPS) is 14.7. The molecule has 0 aromatic heterocycles. The molecule has 2 aromatic rings. The zero-order valence-electron chi connectivity index (χ0n) is 16.4. The minimum absolute atomic E-state index is 0.285. The summed E-state index contributed by atoms with van der Waals surface area (Å²) in [4.78, 5) is 12.6. The van der Waals surface area contributed by atoms with Crippen molar-refractivity contribution in [3.8, 4) is 5.75 Å². The molecular weight excluding hydrogens is 376 g/mol. The van der Waals surface area contributed by atoms with E-state index in [2.05, 4.69) is 11.4 Å². The van der Waals surface area contributed by atoms with E-state index in [0.717, 1.165) is 31.3 Å². The number of sulfonamides is 1. The van der Waals surface area contributed by atoms with Crippen LogP contribution in [0.4, 0.5) is 11.4 Å². The van der Waals surface area contributed by atoms with Crippen molar-refractivity contribution in [2.75, 3.05) is 22.9 Å². The van der Waals surface area contributed by atoms with Gasteiger partial charge >= 0.3 is 0 Å². The van der Waals surface area contributed by atoms with E-state index in [1.807, 2.05) is 12.1 Å². The number of anilines is 2. The number of rotatable bonds is 6. The van der Waals surface area contributed by atoms with Crippen LogP contribution in [0.3, 0.4) is 0 Å². The van der Waals surface area contributed by atoms with E-state index in [1.165, 1.54) is 28.9 Å². The van der Waals surface area contributed by atoms with E-state index in [-0.39, 0.29) is 5.91 Å². The first-order valence-electron chi connectivity index (χ1n) is 9.38. The van der Waals surface area contributed by atoms with Crippen LogP contribution in [-0.4, -0.2) is 33.7 Å². The summed E-state index contributed by atoms with van der Waals surface area (Å²) in [7, 11) is -1.90. The molecule has 3 rings (SSSR count). The lowest BCUT2D eigenvalue weighted by atomic mass is 9.91. The first kappa shape index (κ1) is 20.2. The van der Waals surface area contributed by atoms with Gasteiger partial charge < -0.3 is 10.1 Å². The largest absolute Gasteiger partial charge is 0.481 e. The van der Waals surface area contributed by atoms with Crippen LogP contribution < -0.4 is 14.4 Å². The summed E-state index contributed by atoms with van der Waals surface area (Å²) in [6, 6.07) is 12.7. The van der Waals surface area contributed by atoms with Gasteiger partial charge in [0.1, 0.15) is 5.75 Å². The maximum Gasteiger partial charge on any atom is 0.265 e. The Morgan fingerprint density at radius 3 is 2.61 bits per heavy atom. The van der Waals surface area contributed by atoms with E-state index in [1.54, 1.807) is 31.2 Å². The number of nitrogens with one attached hydrogen (secondary N) is 1. The number of benzene rings is 2. The van der Waals surface area contributed by atoms with Crippen LogP contribution in [-0.2, 0) is 27.7 Å². The summed E-state index contributed by atoms with van der Waals surface area (Å²) in [5, 5.41) is 2.80. The number of carbonyl (C=O) groups excluding carboxylic acids is 1. The van der Waals surface area contributed by atoms with Gasteiger partial charge in [0.05, 0.1) is 11.9 Å². The quantitative estimate of drug-likeness (QED) is 0.804. The summed E-state index contributed by atoms with van der Waals surface area (Å²) in [5.74, 6) is 0.484. The van der Waals surface area contributed by atoms with Gasteiger partial charge in [0.25, 0.3) is 5.91 Å². The van der Waals surface area contributed by atoms with E-state index >= 15 is 0 Å². The van der Waals surface area contributed by atoms with E-state index in [4.69, 9.17) is 4.74 Å². The summed E-state index contributed by atoms with van der Waals surface area (Å²) in [6.07, 6.45) is 4.80. The average Bonchev–Trinajstić information content (AvgIpc) is 2.67. The molecule has 1 unspecified atom stereocenters. The Morgan fingerprint density at radius 2 is 1.86 bits per heavy atom. The Balaban J connectivity index is 1.70. The molecule has 0 bridgehead atoms. The monoisotopic (exact) mass is 402 g/mol. The van der Waals surface area contributed by atoms with E-state index in [9.17, 15) is 13.2 Å². The van der Waals surface area contributed by atoms with Crippen LogP contribution in [0.15, 0.2) is 42.5 Å². The van der Waals surface area contributed by atoms with E-state index in [0.29, 0.717) is 11.4 Å². The zero-order chi connectivity index (χ0) is 20.3. The molecule has 6 nitrogen and oxygen atoms in total. The average molecular weight is 403 g/mol. The van der Waals surface area contributed by atoms with Crippen LogP contribution in [0.2, 0.25) is 0 Å². The second-order valence-electron chi connectivity index (χ2n) is 7.13. The minimum Gasteiger partial charge on any atom is -0.481 e. The Bertz CT molecular complexity index is 972. The molecule has 0 spiro atoms. The lowest BCUT2D eigenvalue weighted by Crippen LogP contribution is -2.31. The highest BCUT2D eigenvalue weighted by Crippen LogP contribution is 2.30. The van der Waals surface area contributed by atoms with Crippen molar-refractivity contribution in [3.05, 3.63) is 53.6 Å². The number of hydrogen-bond acceptors (Lipinski definition) is 4. The molecule has 1 atom stereocenters. The maximum absolute atomic E-state index is 12.6. The molecule has 0 saturated carbocycles. The summed E-state index contributed by atoms with van der Waals surface area (Å²) in [6.45, 7) is 1.71. The van der Waals surface area contributed by atoms with Gasteiger partial charge in [0.2, 0.25) is 10.0 Å². The minimum atomic E-state index is -3.37.